The fourth-order valence-electron chi connectivity index (χ4n) is 4.26. The van der Waals surface area contributed by atoms with E-state index in [1.165, 1.54) is 69.8 Å². The van der Waals surface area contributed by atoms with Gasteiger partial charge in [-0.2, -0.15) is 0 Å². The first-order chi connectivity index (χ1) is 16.6. The summed E-state index contributed by atoms with van der Waals surface area (Å²) < 4.78 is 19.8. The summed E-state index contributed by atoms with van der Waals surface area (Å²) in [6, 6.07) is 8.57. The van der Waals surface area contributed by atoms with Crippen molar-refractivity contribution in [3.8, 4) is 17.1 Å². The van der Waals surface area contributed by atoms with E-state index in [2.05, 4.69) is 55.0 Å². The first-order valence-electron chi connectivity index (χ1n) is 13.8. The van der Waals surface area contributed by atoms with Crippen LogP contribution in [0.15, 0.2) is 36.7 Å². The van der Waals surface area contributed by atoms with Gasteiger partial charge in [-0.3, -0.25) is 0 Å². The molecular formula is C30H47FN2O. The standard InChI is InChI=1S/C30H47FN2O/c1-4-6-8-9-10-11-12-14-26-16-18-27(19-17-26)30-32-23-29(24-33-30)34-22-21-28(31)20-15-25(3)13-7-5-2/h16-19,23-25,28H,4-15,20-22H2,1-3H3. The second-order valence-corrected chi connectivity index (χ2v) is 9.87. The summed E-state index contributed by atoms with van der Waals surface area (Å²) in [5.74, 6) is 1.90. The van der Waals surface area contributed by atoms with E-state index >= 15 is 0 Å². The maximum atomic E-state index is 14.2. The molecule has 3 nitrogen and oxygen atoms in total. The summed E-state index contributed by atoms with van der Waals surface area (Å²) in [7, 11) is 0. The average Bonchev–Trinajstić information content (AvgIpc) is 2.86. The van der Waals surface area contributed by atoms with E-state index in [1.807, 2.05) is 0 Å². The van der Waals surface area contributed by atoms with Gasteiger partial charge in [0.2, 0.25) is 0 Å². The highest BCUT2D eigenvalue weighted by Gasteiger charge is 2.10. The SMILES string of the molecule is CCCCCCCCCc1ccc(-c2ncc(OCCC(F)CCC(C)CCCC)cn2)cc1. The lowest BCUT2D eigenvalue weighted by Gasteiger charge is -2.13. The normalized spacial score (nSPS) is 13.1. The number of aromatic nitrogens is 2. The number of nitrogens with zero attached hydrogens (tertiary/aromatic N) is 2. The Morgan fingerprint density at radius 1 is 0.765 bits per heavy atom. The average molecular weight is 471 g/mol. The molecule has 190 valence electrons. The summed E-state index contributed by atoms with van der Waals surface area (Å²) in [6.07, 6.45) is 18.7. The summed E-state index contributed by atoms with van der Waals surface area (Å²) in [5, 5.41) is 0. The largest absolute Gasteiger partial charge is 0.490 e. The van der Waals surface area contributed by atoms with Gasteiger partial charge in [-0.25, -0.2) is 14.4 Å². The molecule has 0 aliphatic heterocycles. The van der Waals surface area contributed by atoms with Gasteiger partial charge in [-0.05, 0) is 37.2 Å². The van der Waals surface area contributed by atoms with Gasteiger partial charge < -0.3 is 4.74 Å². The fraction of sp³-hybridized carbons (Fsp3) is 0.667. The quantitative estimate of drug-likeness (QED) is 0.192. The summed E-state index contributed by atoms with van der Waals surface area (Å²) in [4.78, 5) is 8.89. The van der Waals surface area contributed by atoms with Gasteiger partial charge in [0.25, 0.3) is 0 Å². The Balaban J connectivity index is 1.66. The molecular weight excluding hydrogens is 423 g/mol. The zero-order valence-corrected chi connectivity index (χ0v) is 21.9. The molecule has 1 heterocycles. The molecule has 1 aromatic carbocycles. The van der Waals surface area contributed by atoms with E-state index in [4.69, 9.17) is 4.74 Å². The van der Waals surface area contributed by atoms with E-state index in [0.717, 1.165) is 18.4 Å². The third-order valence-corrected chi connectivity index (χ3v) is 6.63. The maximum absolute atomic E-state index is 14.2. The van der Waals surface area contributed by atoms with Crippen LogP contribution in [0.5, 0.6) is 5.75 Å². The molecule has 0 aliphatic carbocycles. The van der Waals surface area contributed by atoms with E-state index < -0.39 is 6.17 Å². The van der Waals surface area contributed by atoms with Crippen LogP contribution in [0.25, 0.3) is 11.4 Å². The van der Waals surface area contributed by atoms with E-state index in [0.29, 0.717) is 36.9 Å². The molecule has 0 saturated heterocycles. The van der Waals surface area contributed by atoms with Crippen LogP contribution in [0.3, 0.4) is 0 Å². The van der Waals surface area contributed by atoms with Crippen LogP contribution in [0.4, 0.5) is 4.39 Å². The number of alkyl halides is 1. The van der Waals surface area contributed by atoms with Crippen LogP contribution >= 0.6 is 0 Å². The van der Waals surface area contributed by atoms with Crippen molar-refractivity contribution in [2.75, 3.05) is 6.61 Å². The lowest BCUT2D eigenvalue weighted by atomic mass is 9.97. The third kappa shape index (κ3) is 11.9. The number of halogens is 1. The van der Waals surface area contributed by atoms with Gasteiger partial charge in [0.15, 0.2) is 11.6 Å². The maximum Gasteiger partial charge on any atom is 0.159 e. The molecule has 1 aromatic heterocycles. The predicted octanol–water partition coefficient (Wildman–Crippen LogP) is 9.15. The van der Waals surface area contributed by atoms with Crippen molar-refractivity contribution in [3.05, 3.63) is 42.2 Å². The molecule has 0 bridgehead atoms. The molecule has 0 spiro atoms. The molecule has 2 unspecified atom stereocenters. The van der Waals surface area contributed by atoms with Crippen LogP contribution in [-0.4, -0.2) is 22.7 Å². The Hall–Kier alpha value is -1.97. The van der Waals surface area contributed by atoms with Crippen LogP contribution in [0, 0.1) is 5.92 Å². The molecule has 2 atom stereocenters. The van der Waals surface area contributed by atoms with Gasteiger partial charge in [0, 0.05) is 12.0 Å². The molecule has 0 amide bonds. The van der Waals surface area contributed by atoms with Gasteiger partial charge in [-0.1, -0.05) is 103 Å². The second-order valence-electron chi connectivity index (χ2n) is 9.87. The highest BCUT2D eigenvalue weighted by atomic mass is 19.1. The topological polar surface area (TPSA) is 35.0 Å². The molecule has 34 heavy (non-hydrogen) atoms. The van der Waals surface area contributed by atoms with Crippen molar-refractivity contribution in [1.29, 1.82) is 0 Å². The monoisotopic (exact) mass is 470 g/mol. The molecule has 0 aliphatic rings. The second kappa shape index (κ2) is 17.5. The number of hydrogen-bond donors (Lipinski definition) is 0. The minimum absolute atomic E-state index is 0.362. The van der Waals surface area contributed by atoms with Crippen molar-refractivity contribution in [1.82, 2.24) is 9.97 Å². The Morgan fingerprint density at radius 2 is 1.41 bits per heavy atom. The van der Waals surface area contributed by atoms with Gasteiger partial charge in [-0.15, -0.1) is 0 Å². The first kappa shape index (κ1) is 28.3. The number of unbranched alkanes of at least 4 members (excludes halogenated alkanes) is 7. The zero-order valence-electron chi connectivity index (χ0n) is 21.9. The minimum atomic E-state index is -0.802. The predicted molar refractivity (Wildman–Crippen MR) is 142 cm³/mol. The highest BCUT2D eigenvalue weighted by Crippen LogP contribution is 2.20. The van der Waals surface area contributed by atoms with Crippen LogP contribution in [0.2, 0.25) is 0 Å². The molecule has 0 saturated carbocycles. The number of ether oxygens (including phenoxy) is 1. The lowest BCUT2D eigenvalue weighted by molar-refractivity contribution is 0.215. The number of benzene rings is 1. The number of aryl methyl sites for hydroxylation is 1. The van der Waals surface area contributed by atoms with E-state index in [-0.39, 0.29) is 0 Å². The van der Waals surface area contributed by atoms with Crippen molar-refractivity contribution < 1.29 is 9.13 Å². The molecule has 0 N–H and O–H groups in total. The third-order valence-electron chi connectivity index (χ3n) is 6.63. The highest BCUT2D eigenvalue weighted by molar-refractivity contribution is 5.55. The Labute approximate surface area is 208 Å². The van der Waals surface area contributed by atoms with Gasteiger partial charge in [0.05, 0.1) is 19.0 Å². The Morgan fingerprint density at radius 3 is 2.09 bits per heavy atom. The van der Waals surface area contributed by atoms with Crippen molar-refractivity contribution in [2.24, 2.45) is 5.92 Å². The lowest BCUT2D eigenvalue weighted by Crippen LogP contribution is -2.09. The fourth-order valence-corrected chi connectivity index (χ4v) is 4.26. The van der Waals surface area contributed by atoms with Crippen LogP contribution in [-0.2, 0) is 6.42 Å². The smallest absolute Gasteiger partial charge is 0.159 e. The van der Waals surface area contributed by atoms with Gasteiger partial charge in [0.1, 0.15) is 6.17 Å². The molecule has 2 aromatic rings. The van der Waals surface area contributed by atoms with Crippen LogP contribution < -0.4 is 4.74 Å². The zero-order chi connectivity index (χ0) is 24.4. The molecule has 0 radical (unpaired) electrons. The Kier molecular flexibility index (Phi) is 14.5. The van der Waals surface area contributed by atoms with Crippen molar-refractivity contribution >= 4 is 0 Å². The van der Waals surface area contributed by atoms with E-state index in [9.17, 15) is 4.39 Å². The van der Waals surface area contributed by atoms with Crippen LogP contribution in [0.1, 0.15) is 110 Å². The molecule has 4 heteroatoms. The molecule has 0 fully saturated rings. The first-order valence-corrected chi connectivity index (χ1v) is 13.8. The minimum Gasteiger partial charge on any atom is -0.490 e. The van der Waals surface area contributed by atoms with Crippen molar-refractivity contribution in [2.45, 2.75) is 117 Å². The van der Waals surface area contributed by atoms with Gasteiger partial charge >= 0.3 is 0 Å². The summed E-state index contributed by atoms with van der Waals surface area (Å²) in [6.45, 7) is 7.05. The Bertz CT molecular complexity index is 747. The van der Waals surface area contributed by atoms with Crippen molar-refractivity contribution in [3.63, 3.8) is 0 Å². The number of hydrogen-bond acceptors (Lipinski definition) is 3. The van der Waals surface area contributed by atoms with E-state index in [1.54, 1.807) is 12.4 Å². The summed E-state index contributed by atoms with van der Waals surface area (Å²) in [5.41, 5.74) is 2.38. The summed E-state index contributed by atoms with van der Waals surface area (Å²) >= 11 is 0. The number of rotatable bonds is 19. The molecule has 2 rings (SSSR count).